The Morgan fingerprint density at radius 1 is 1.43 bits per heavy atom. The number of quaternary nitrogens is 1. The van der Waals surface area contributed by atoms with E-state index < -0.39 is 7.60 Å². The fourth-order valence-corrected chi connectivity index (χ4v) is 2.81. The van der Waals surface area contributed by atoms with E-state index in [2.05, 4.69) is 26.7 Å². The summed E-state index contributed by atoms with van der Waals surface area (Å²) in [5, 5.41) is 0. The quantitative estimate of drug-likeness (QED) is 0.378. The summed E-state index contributed by atoms with van der Waals surface area (Å²) in [6, 6.07) is 0. The van der Waals surface area contributed by atoms with Gasteiger partial charge in [0.15, 0.2) is 6.29 Å². The van der Waals surface area contributed by atoms with Gasteiger partial charge in [0.05, 0.1) is 25.9 Å². The highest BCUT2D eigenvalue weighted by Crippen LogP contribution is 2.39. The SMILES string of the molecule is CC[N+](S)(CCC(C)C)CP(=O)(O)O. The van der Waals surface area contributed by atoms with Crippen LogP contribution in [0.1, 0.15) is 27.2 Å². The van der Waals surface area contributed by atoms with Gasteiger partial charge >= 0.3 is 7.60 Å². The van der Waals surface area contributed by atoms with Crippen LogP contribution in [0.4, 0.5) is 0 Å². The summed E-state index contributed by atoms with van der Waals surface area (Å²) in [7, 11) is -3.97. The first-order valence-corrected chi connectivity index (χ1v) is 7.02. The molecule has 0 aromatic rings. The third-order valence-electron chi connectivity index (χ3n) is 2.16. The lowest BCUT2D eigenvalue weighted by Crippen LogP contribution is -2.40. The molecule has 0 saturated carbocycles. The zero-order valence-corrected chi connectivity index (χ0v) is 10.8. The molecule has 14 heavy (non-hydrogen) atoms. The van der Waals surface area contributed by atoms with Crippen LogP contribution in [0, 0.1) is 5.92 Å². The molecular weight excluding hydrogens is 221 g/mol. The topological polar surface area (TPSA) is 57.5 Å². The van der Waals surface area contributed by atoms with Crippen LogP contribution >= 0.6 is 20.4 Å². The van der Waals surface area contributed by atoms with Gasteiger partial charge in [0, 0.05) is 0 Å². The number of nitrogens with zero attached hydrogens (tertiary/aromatic N) is 1. The highest BCUT2D eigenvalue weighted by Gasteiger charge is 2.31. The Balaban J connectivity index is 4.25. The average Bonchev–Trinajstić information content (AvgIpc) is 1.98. The van der Waals surface area contributed by atoms with Gasteiger partial charge < -0.3 is 9.79 Å². The Labute approximate surface area is 91.6 Å². The lowest BCUT2D eigenvalue weighted by Gasteiger charge is -2.31. The number of thiol groups is 1. The van der Waals surface area contributed by atoms with Gasteiger partial charge in [-0.3, -0.25) is 8.45 Å². The summed E-state index contributed by atoms with van der Waals surface area (Å²) >= 11 is 4.33. The van der Waals surface area contributed by atoms with Gasteiger partial charge in [-0.05, 0) is 19.3 Å². The minimum Gasteiger partial charge on any atom is -0.320 e. The molecule has 0 aromatic carbocycles. The Morgan fingerprint density at radius 3 is 2.21 bits per heavy atom. The van der Waals surface area contributed by atoms with Crippen LogP contribution in [-0.4, -0.2) is 33.1 Å². The molecule has 0 heterocycles. The van der Waals surface area contributed by atoms with Crippen LogP contribution in [0.25, 0.3) is 0 Å². The fourth-order valence-electron chi connectivity index (χ4n) is 1.17. The van der Waals surface area contributed by atoms with Gasteiger partial charge in [-0.2, -0.15) is 0 Å². The number of hydrogen-bond donors (Lipinski definition) is 3. The minimum atomic E-state index is -3.97. The predicted octanol–water partition coefficient (Wildman–Crippen LogP) is 1.85. The highest BCUT2D eigenvalue weighted by atomic mass is 32.1. The van der Waals surface area contributed by atoms with Gasteiger partial charge in [0.25, 0.3) is 0 Å². The third kappa shape index (κ3) is 6.85. The first kappa shape index (κ1) is 14.5. The Bertz CT molecular complexity index is 219. The summed E-state index contributed by atoms with van der Waals surface area (Å²) in [6.45, 7) is 7.39. The van der Waals surface area contributed by atoms with Crippen molar-refractivity contribution in [3.8, 4) is 0 Å². The standard InChI is InChI=1S/C8H20NO3PS/c1-4-9(14,6-5-8(2)3)7-13(10,11)12/h8,14H,4-7H2,1-3H3,(H-,10,11,12)/p+1. The summed E-state index contributed by atoms with van der Waals surface area (Å²) in [5.74, 6) is 0.531. The second-order valence-corrected chi connectivity index (χ2v) is 6.58. The highest BCUT2D eigenvalue weighted by molar-refractivity contribution is 7.74. The van der Waals surface area contributed by atoms with Gasteiger partial charge in [0.1, 0.15) is 0 Å². The molecule has 1 atom stereocenters. The van der Waals surface area contributed by atoms with Crippen molar-refractivity contribution in [2.75, 3.05) is 19.4 Å². The Hall–Kier alpha value is 0.460. The van der Waals surface area contributed by atoms with E-state index in [0.29, 0.717) is 19.0 Å². The summed E-state index contributed by atoms with van der Waals surface area (Å²) in [5.41, 5.74) is 0. The number of rotatable bonds is 6. The largest absolute Gasteiger partial charge is 0.380 e. The zero-order valence-electron chi connectivity index (χ0n) is 9.05. The molecule has 0 aliphatic rings. The second-order valence-electron chi connectivity index (χ2n) is 4.12. The van der Waals surface area contributed by atoms with Crippen molar-refractivity contribution < 1.29 is 18.2 Å². The van der Waals surface area contributed by atoms with E-state index in [9.17, 15) is 4.57 Å². The zero-order chi connectivity index (χ0) is 11.4. The van der Waals surface area contributed by atoms with Crippen LogP contribution in [0.15, 0.2) is 0 Å². The smallest absolute Gasteiger partial charge is 0.320 e. The Morgan fingerprint density at radius 2 is 1.93 bits per heavy atom. The first-order chi connectivity index (χ1) is 6.18. The van der Waals surface area contributed by atoms with E-state index in [4.69, 9.17) is 9.79 Å². The molecule has 0 rings (SSSR count). The molecule has 0 bridgehead atoms. The molecule has 0 aliphatic carbocycles. The van der Waals surface area contributed by atoms with Crippen molar-refractivity contribution in [3.63, 3.8) is 0 Å². The van der Waals surface area contributed by atoms with Crippen molar-refractivity contribution in [1.82, 2.24) is 0 Å². The van der Waals surface area contributed by atoms with E-state index >= 15 is 0 Å². The summed E-state index contributed by atoms with van der Waals surface area (Å²) in [6.07, 6.45) is 0.747. The first-order valence-electron chi connectivity index (χ1n) is 4.82. The molecule has 1 unspecified atom stereocenters. The van der Waals surface area contributed by atoms with E-state index in [1.54, 1.807) is 0 Å². The monoisotopic (exact) mass is 242 g/mol. The lowest BCUT2D eigenvalue weighted by atomic mass is 10.1. The molecule has 0 radical (unpaired) electrons. The van der Waals surface area contributed by atoms with Crippen LogP contribution in [0.5, 0.6) is 0 Å². The molecule has 0 fully saturated rings. The fraction of sp³-hybridized carbons (Fsp3) is 1.00. The minimum absolute atomic E-state index is 0.155. The van der Waals surface area contributed by atoms with E-state index in [0.717, 1.165) is 6.42 Å². The summed E-state index contributed by atoms with van der Waals surface area (Å²) < 4.78 is 11.0. The molecule has 4 nitrogen and oxygen atoms in total. The molecule has 2 N–H and O–H groups in total. The second kappa shape index (κ2) is 5.52. The molecule has 0 aliphatic heterocycles. The molecule has 0 saturated heterocycles. The van der Waals surface area contributed by atoms with Gasteiger partial charge in [-0.15, -0.1) is 0 Å². The maximum absolute atomic E-state index is 10.9. The maximum Gasteiger partial charge on any atom is 0.380 e. The van der Waals surface area contributed by atoms with Crippen LogP contribution in [0.2, 0.25) is 0 Å². The summed E-state index contributed by atoms with van der Waals surface area (Å²) in [4.78, 5) is 17.8. The van der Waals surface area contributed by atoms with Crippen molar-refractivity contribution >= 4 is 20.4 Å². The molecular formula is C8H21NO3PS+. The van der Waals surface area contributed by atoms with Gasteiger partial charge in [-0.25, -0.2) is 0 Å². The maximum atomic E-state index is 10.9. The normalized spacial score (nSPS) is 17.1. The van der Waals surface area contributed by atoms with Crippen molar-refractivity contribution in [2.45, 2.75) is 27.2 Å². The van der Waals surface area contributed by atoms with Gasteiger partial charge in [0.2, 0.25) is 0 Å². The van der Waals surface area contributed by atoms with Gasteiger partial charge in [-0.1, -0.05) is 13.8 Å². The molecule has 0 amide bonds. The van der Waals surface area contributed by atoms with Crippen LogP contribution < -0.4 is 0 Å². The van der Waals surface area contributed by atoms with Crippen LogP contribution in [0.3, 0.4) is 0 Å². The molecule has 0 spiro atoms. The Kier molecular flexibility index (Phi) is 5.70. The van der Waals surface area contributed by atoms with E-state index in [-0.39, 0.29) is 10.2 Å². The van der Waals surface area contributed by atoms with Crippen LogP contribution in [-0.2, 0) is 4.57 Å². The van der Waals surface area contributed by atoms with Crippen molar-refractivity contribution in [3.05, 3.63) is 0 Å². The van der Waals surface area contributed by atoms with Crippen molar-refractivity contribution in [2.24, 2.45) is 5.92 Å². The lowest BCUT2D eigenvalue weighted by molar-refractivity contribution is -0.779. The average molecular weight is 242 g/mol. The molecule has 0 aromatic heterocycles. The molecule has 6 heteroatoms. The van der Waals surface area contributed by atoms with Crippen molar-refractivity contribution in [1.29, 1.82) is 0 Å². The van der Waals surface area contributed by atoms with E-state index in [1.807, 2.05) is 6.92 Å². The third-order valence-corrected chi connectivity index (χ3v) is 3.92. The van der Waals surface area contributed by atoms with E-state index in [1.165, 1.54) is 0 Å². The molecule has 86 valence electrons. The predicted molar refractivity (Wildman–Crippen MR) is 61.0 cm³/mol. The number of hydrogen-bond acceptors (Lipinski definition) is 2.